The van der Waals surface area contributed by atoms with Gasteiger partial charge in [0.2, 0.25) is 5.91 Å². The van der Waals surface area contributed by atoms with Crippen molar-refractivity contribution < 1.29 is 14.3 Å². The zero-order valence-corrected chi connectivity index (χ0v) is 16.7. The highest BCUT2D eigenvalue weighted by atomic mass is 35.5. The van der Waals surface area contributed by atoms with Gasteiger partial charge in [-0.3, -0.25) is 14.5 Å². The van der Waals surface area contributed by atoms with Crippen molar-refractivity contribution in [2.45, 2.75) is 6.54 Å². The fourth-order valence-electron chi connectivity index (χ4n) is 2.51. The van der Waals surface area contributed by atoms with Crippen LogP contribution in [-0.4, -0.2) is 41.0 Å². The highest BCUT2D eigenvalue weighted by molar-refractivity contribution is 7.71. The molecule has 0 saturated carbocycles. The molecule has 28 heavy (non-hydrogen) atoms. The number of ether oxygens (including phenoxy) is 2. The number of rotatable bonds is 8. The second-order valence-electron chi connectivity index (χ2n) is 5.86. The molecular weight excluding hydrogens is 400 g/mol. The first-order valence-electron chi connectivity index (χ1n) is 8.49. The molecule has 0 aliphatic rings. The third kappa shape index (κ3) is 5.19. The van der Waals surface area contributed by atoms with Crippen LogP contribution in [0.25, 0.3) is 11.4 Å². The van der Waals surface area contributed by atoms with Gasteiger partial charge in [0.25, 0.3) is 0 Å². The molecule has 1 amide bonds. The van der Waals surface area contributed by atoms with Crippen LogP contribution in [0.2, 0.25) is 5.02 Å². The van der Waals surface area contributed by atoms with Crippen LogP contribution in [0, 0.1) is 4.77 Å². The fourth-order valence-corrected chi connectivity index (χ4v) is 2.83. The number of nitrogens with one attached hydrogen (secondary N) is 2. The minimum absolute atomic E-state index is 0.0272. The first-order chi connectivity index (χ1) is 13.6. The summed E-state index contributed by atoms with van der Waals surface area (Å²) in [6, 6.07) is 14.3. The first kappa shape index (κ1) is 20.1. The predicted molar refractivity (Wildman–Crippen MR) is 110 cm³/mol. The highest BCUT2D eigenvalue weighted by Crippen LogP contribution is 2.20. The molecule has 0 spiro atoms. The van der Waals surface area contributed by atoms with Crippen molar-refractivity contribution in [3.63, 3.8) is 0 Å². The number of hydrogen-bond donors (Lipinski definition) is 2. The number of carbonyl (C=O) groups is 1. The second-order valence-corrected chi connectivity index (χ2v) is 6.68. The van der Waals surface area contributed by atoms with Crippen molar-refractivity contribution >= 4 is 35.4 Å². The molecule has 0 fully saturated rings. The number of halogens is 1. The monoisotopic (exact) mass is 418 g/mol. The summed E-state index contributed by atoms with van der Waals surface area (Å²) >= 11 is 11.2. The molecule has 0 aliphatic heterocycles. The van der Waals surface area contributed by atoms with E-state index in [1.54, 1.807) is 48.1 Å². The Morgan fingerprint density at radius 2 is 1.89 bits per heavy atom. The van der Waals surface area contributed by atoms with Gasteiger partial charge in [0.1, 0.15) is 18.9 Å². The van der Waals surface area contributed by atoms with Gasteiger partial charge in [-0.25, -0.2) is 0 Å². The maximum atomic E-state index is 12.5. The second kappa shape index (κ2) is 9.50. The van der Waals surface area contributed by atoms with Gasteiger partial charge >= 0.3 is 0 Å². The number of benzene rings is 2. The van der Waals surface area contributed by atoms with Gasteiger partial charge in [-0.05, 0) is 60.7 Å². The van der Waals surface area contributed by atoms with Gasteiger partial charge in [0.15, 0.2) is 10.6 Å². The van der Waals surface area contributed by atoms with Crippen LogP contribution in [-0.2, 0) is 16.1 Å². The Morgan fingerprint density at radius 3 is 2.57 bits per heavy atom. The van der Waals surface area contributed by atoms with Crippen molar-refractivity contribution in [1.29, 1.82) is 0 Å². The van der Waals surface area contributed by atoms with Gasteiger partial charge in [-0.2, -0.15) is 5.10 Å². The molecule has 0 bridgehead atoms. The summed E-state index contributed by atoms with van der Waals surface area (Å²) in [7, 11) is 1.62. The molecule has 1 heterocycles. The van der Waals surface area contributed by atoms with Crippen molar-refractivity contribution in [2.24, 2.45) is 0 Å². The number of aromatic nitrogens is 3. The standard InChI is InChI=1S/C19H19ClN4O3S/c1-26-10-11-27-16-8-6-15(7-9-16)21-17(25)12-24-18(22-23-19(24)28)13-2-4-14(20)5-3-13/h2-9H,10-12H2,1H3,(H,21,25)(H,23,28). The van der Waals surface area contributed by atoms with Crippen LogP contribution >= 0.6 is 23.8 Å². The van der Waals surface area contributed by atoms with E-state index in [9.17, 15) is 4.79 Å². The maximum absolute atomic E-state index is 12.5. The van der Waals surface area contributed by atoms with Crippen LogP contribution in [0.4, 0.5) is 5.69 Å². The molecule has 2 N–H and O–H groups in total. The SMILES string of the molecule is COCCOc1ccc(NC(=O)Cn2c(-c3ccc(Cl)cc3)n[nH]c2=S)cc1. The third-order valence-corrected chi connectivity index (χ3v) is 4.42. The van der Waals surface area contributed by atoms with Crippen LogP contribution in [0.3, 0.4) is 0 Å². The smallest absolute Gasteiger partial charge is 0.244 e. The van der Waals surface area contributed by atoms with E-state index < -0.39 is 0 Å². The van der Waals surface area contributed by atoms with Gasteiger partial charge < -0.3 is 14.8 Å². The molecule has 0 radical (unpaired) electrons. The van der Waals surface area contributed by atoms with E-state index in [2.05, 4.69) is 15.5 Å². The fraction of sp³-hybridized carbons (Fsp3) is 0.211. The number of H-pyrrole nitrogens is 1. The van der Waals surface area contributed by atoms with E-state index in [1.807, 2.05) is 12.1 Å². The van der Waals surface area contributed by atoms with Gasteiger partial charge in [0.05, 0.1) is 6.61 Å². The molecule has 2 aromatic carbocycles. The Balaban J connectivity index is 1.66. The zero-order valence-electron chi connectivity index (χ0n) is 15.1. The number of aromatic amines is 1. The van der Waals surface area contributed by atoms with Crippen molar-refractivity contribution in [2.75, 3.05) is 25.6 Å². The molecule has 9 heteroatoms. The summed E-state index contributed by atoms with van der Waals surface area (Å²) in [6.07, 6.45) is 0. The molecule has 3 aromatic rings. The van der Waals surface area contributed by atoms with E-state index in [4.69, 9.17) is 33.3 Å². The van der Waals surface area contributed by atoms with Crippen LogP contribution in [0.5, 0.6) is 5.75 Å². The number of amides is 1. The Labute approximate surface area is 172 Å². The number of methoxy groups -OCH3 is 1. The maximum Gasteiger partial charge on any atom is 0.244 e. The van der Waals surface area contributed by atoms with Gasteiger partial charge in [-0.15, -0.1) is 0 Å². The molecule has 3 rings (SSSR count). The first-order valence-corrected chi connectivity index (χ1v) is 9.28. The third-order valence-electron chi connectivity index (χ3n) is 3.86. The highest BCUT2D eigenvalue weighted by Gasteiger charge is 2.12. The average Bonchev–Trinajstić information content (AvgIpc) is 3.04. The minimum Gasteiger partial charge on any atom is -0.491 e. The van der Waals surface area contributed by atoms with Crippen molar-refractivity contribution in [1.82, 2.24) is 14.8 Å². The molecule has 0 unspecified atom stereocenters. The quantitative estimate of drug-likeness (QED) is 0.428. The van der Waals surface area contributed by atoms with Gasteiger partial charge in [-0.1, -0.05) is 11.6 Å². The van der Waals surface area contributed by atoms with Crippen LogP contribution in [0.1, 0.15) is 0 Å². The Bertz CT molecular complexity index is 984. The molecule has 0 atom stereocenters. The number of nitrogens with zero attached hydrogens (tertiary/aromatic N) is 2. The molecular formula is C19H19ClN4O3S. The van der Waals surface area contributed by atoms with Crippen LogP contribution < -0.4 is 10.1 Å². The summed E-state index contributed by atoms with van der Waals surface area (Å²) in [5.41, 5.74) is 1.47. The van der Waals surface area contributed by atoms with Crippen LogP contribution in [0.15, 0.2) is 48.5 Å². The van der Waals surface area contributed by atoms with E-state index in [-0.39, 0.29) is 12.5 Å². The number of carbonyl (C=O) groups excluding carboxylic acids is 1. The topological polar surface area (TPSA) is 81.2 Å². The summed E-state index contributed by atoms with van der Waals surface area (Å²) in [5.74, 6) is 1.05. The van der Waals surface area contributed by atoms with Gasteiger partial charge in [0, 0.05) is 23.4 Å². The molecule has 1 aromatic heterocycles. The lowest BCUT2D eigenvalue weighted by molar-refractivity contribution is -0.116. The lowest BCUT2D eigenvalue weighted by Gasteiger charge is -2.10. The van der Waals surface area contributed by atoms with Crippen molar-refractivity contribution in [3.8, 4) is 17.1 Å². The Morgan fingerprint density at radius 1 is 1.18 bits per heavy atom. The minimum atomic E-state index is -0.222. The Kier molecular flexibility index (Phi) is 6.80. The van der Waals surface area contributed by atoms with E-state index in [0.717, 1.165) is 5.56 Å². The number of hydrogen-bond acceptors (Lipinski definition) is 5. The zero-order chi connectivity index (χ0) is 19.9. The van der Waals surface area contributed by atoms with E-state index >= 15 is 0 Å². The molecule has 0 saturated heterocycles. The molecule has 0 aliphatic carbocycles. The van der Waals surface area contributed by atoms with E-state index in [1.165, 1.54) is 0 Å². The van der Waals surface area contributed by atoms with E-state index in [0.29, 0.717) is 40.3 Å². The molecule has 146 valence electrons. The lowest BCUT2D eigenvalue weighted by Crippen LogP contribution is -2.19. The largest absolute Gasteiger partial charge is 0.491 e. The predicted octanol–water partition coefficient (Wildman–Crippen LogP) is 3.92. The normalized spacial score (nSPS) is 10.6. The Hall–Kier alpha value is -2.68. The summed E-state index contributed by atoms with van der Waals surface area (Å²) in [4.78, 5) is 12.5. The summed E-state index contributed by atoms with van der Waals surface area (Å²) in [6.45, 7) is 1.01. The average molecular weight is 419 g/mol. The summed E-state index contributed by atoms with van der Waals surface area (Å²) in [5, 5.41) is 10.4. The summed E-state index contributed by atoms with van der Waals surface area (Å²) < 4.78 is 12.4. The molecule has 7 nitrogen and oxygen atoms in total. The lowest BCUT2D eigenvalue weighted by atomic mass is 10.2. The number of anilines is 1. The van der Waals surface area contributed by atoms with Crippen molar-refractivity contribution in [3.05, 3.63) is 58.3 Å².